The molecule has 1 aromatic heterocycles. The van der Waals surface area contributed by atoms with Crippen LogP contribution >= 0.6 is 0 Å². The highest BCUT2D eigenvalue weighted by Crippen LogP contribution is 2.25. The summed E-state index contributed by atoms with van der Waals surface area (Å²) in [5.74, 6) is 2.82. The van der Waals surface area contributed by atoms with Crippen LogP contribution in [0.1, 0.15) is 30.8 Å². The van der Waals surface area contributed by atoms with Crippen LogP contribution in [-0.4, -0.2) is 66.2 Å². The minimum atomic E-state index is -0.00328. The topological polar surface area (TPSA) is 80.9 Å². The maximum absolute atomic E-state index is 12.8. The number of amides is 1. The Morgan fingerprint density at radius 3 is 2.33 bits per heavy atom. The molecule has 0 N–H and O–H groups in total. The number of piperazine rings is 1. The molecule has 1 saturated heterocycles. The Morgan fingerprint density at radius 1 is 1.03 bits per heavy atom. The molecule has 1 atom stereocenters. The second-order valence-electron chi connectivity index (χ2n) is 8.14. The Hall–Kier alpha value is -3.39. The summed E-state index contributed by atoms with van der Waals surface area (Å²) < 4.78 is 16.2. The minimum Gasteiger partial charge on any atom is -0.497 e. The lowest BCUT2D eigenvalue weighted by Gasteiger charge is -2.36. The molecule has 3 aromatic rings. The van der Waals surface area contributed by atoms with E-state index in [2.05, 4.69) is 22.0 Å². The maximum Gasteiger partial charge on any atom is 0.244 e. The van der Waals surface area contributed by atoms with E-state index in [4.69, 9.17) is 14.0 Å². The summed E-state index contributed by atoms with van der Waals surface area (Å²) >= 11 is 0. The van der Waals surface area contributed by atoms with Crippen LogP contribution in [0.5, 0.6) is 11.5 Å². The molecule has 8 heteroatoms. The normalized spacial score (nSPS) is 15.3. The van der Waals surface area contributed by atoms with Crippen molar-refractivity contribution in [3.63, 3.8) is 0 Å². The second kappa shape index (κ2) is 10.5. The summed E-state index contributed by atoms with van der Waals surface area (Å²) in [5.41, 5.74) is 1.96. The van der Waals surface area contributed by atoms with E-state index in [1.807, 2.05) is 53.4 Å². The first kappa shape index (κ1) is 22.8. The highest BCUT2D eigenvalue weighted by molar-refractivity contribution is 5.76. The van der Waals surface area contributed by atoms with Gasteiger partial charge in [0.15, 0.2) is 0 Å². The van der Waals surface area contributed by atoms with Gasteiger partial charge in [-0.05, 0) is 31.0 Å². The third-order valence-electron chi connectivity index (χ3n) is 6.08. The molecule has 1 aliphatic heterocycles. The number of carbonyl (C=O) groups is 1. The molecule has 0 spiro atoms. The van der Waals surface area contributed by atoms with Gasteiger partial charge in [-0.1, -0.05) is 35.5 Å². The van der Waals surface area contributed by atoms with Crippen molar-refractivity contribution in [2.75, 3.05) is 40.4 Å². The molecule has 0 bridgehead atoms. The number of ether oxygens (including phenoxy) is 2. The van der Waals surface area contributed by atoms with Gasteiger partial charge in [-0.3, -0.25) is 9.69 Å². The molecule has 1 aliphatic rings. The van der Waals surface area contributed by atoms with E-state index < -0.39 is 0 Å². The van der Waals surface area contributed by atoms with E-state index in [1.54, 1.807) is 14.2 Å². The maximum atomic E-state index is 12.8. The number of carbonyl (C=O) groups excluding carboxylic acids is 1. The number of aryl methyl sites for hydroxylation is 1. The van der Waals surface area contributed by atoms with Crippen molar-refractivity contribution < 1.29 is 18.8 Å². The Morgan fingerprint density at radius 2 is 1.70 bits per heavy atom. The summed E-state index contributed by atoms with van der Waals surface area (Å²) in [7, 11) is 3.25. The van der Waals surface area contributed by atoms with Crippen LogP contribution in [0.4, 0.5) is 0 Å². The SMILES string of the molecule is COc1cc(CCC(=O)N2CCN(C(C)c3nc(-c4ccccc4)no3)CC2)cc(OC)c1. The quantitative estimate of drug-likeness (QED) is 0.519. The van der Waals surface area contributed by atoms with Gasteiger partial charge in [0.25, 0.3) is 0 Å². The number of hydrogen-bond acceptors (Lipinski definition) is 7. The van der Waals surface area contributed by atoms with E-state index in [0.29, 0.717) is 37.6 Å². The van der Waals surface area contributed by atoms with Gasteiger partial charge in [-0.2, -0.15) is 4.98 Å². The van der Waals surface area contributed by atoms with Crippen LogP contribution in [0.15, 0.2) is 53.1 Å². The zero-order valence-corrected chi connectivity index (χ0v) is 19.4. The molecular formula is C25H30N4O4. The molecule has 1 unspecified atom stereocenters. The predicted octanol–water partition coefficient (Wildman–Crippen LogP) is 3.59. The van der Waals surface area contributed by atoms with Crippen LogP contribution in [0, 0.1) is 0 Å². The van der Waals surface area contributed by atoms with Crippen LogP contribution in [-0.2, 0) is 11.2 Å². The van der Waals surface area contributed by atoms with Crippen molar-refractivity contribution in [2.24, 2.45) is 0 Å². The smallest absolute Gasteiger partial charge is 0.244 e. The number of hydrogen-bond donors (Lipinski definition) is 0. The highest BCUT2D eigenvalue weighted by Gasteiger charge is 2.27. The lowest BCUT2D eigenvalue weighted by molar-refractivity contribution is -0.133. The van der Waals surface area contributed by atoms with E-state index in [-0.39, 0.29) is 11.9 Å². The standard InChI is InChI=1S/C25H30N4O4/c1-18(25-26-24(27-33-25)20-7-5-4-6-8-20)28-11-13-29(14-12-28)23(30)10-9-19-15-21(31-2)17-22(16-19)32-3/h4-8,15-18H,9-14H2,1-3H3. The fraction of sp³-hybridized carbons (Fsp3) is 0.400. The summed E-state index contributed by atoms with van der Waals surface area (Å²) in [6.45, 7) is 4.97. The van der Waals surface area contributed by atoms with Gasteiger partial charge in [-0.15, -0.1) is 0 Å². The summed E-state index contributed by atoms with van der Waals surface area (Å²) in [4.78, 5) is 21.6. The van der Waals surface area contributed by atoms with Crippen molar-refractivity contribution in [1.82, 2.24) is 19.9 Å². The van der Waals surface area contributed by atoms with Crippen LogP contribution in [0.2, 0.25) is 0 Å². The van der Waals surface area contributed by atoms with Gasteiger partial charge in [0.2, 0.25) is 17.6 Å². The molecule has 174 valence electrons. The first-order chi connectivity index (χ1) is 16.1. The lowest BCUT2D eigenvalue weighted by atomic mass is 10.1. The average Bonchev–Trinajstić information content (AvgIpc) is 3.37. The molecule has 1 amide bonds. The second-order valence-corrected chi connectivity index (χ2v) is 8.14. The largest absolute Gasteiger partial charge is 0.497 e. The predicted molar refractivity (Wildman–Crippen MR) is 124 cm³/mol. The van der Waals surface area contributed by atoms with Crippen molar-refractivity contribution in [1.29, 1.82) is 0 Å². The molecule has 1 fully saturated rings. The third kappa shape index (κ3) is 5.51. The van der Waals surface area contributed by atoms with E-state index in [9.17, 15) is 4.79 Å². The molecule has 0 saturated carbocycles. The minimum absolute atomic E-state index is 0.00328. The summed E-state index contributed by atoms with van der Waals surface area (Å²) in [6.07, 6.45) is 1.10. The first-order valence-electron chi connectivity index (χ1n) is 11.2. The number of rotatable bonds is 8. The van der Waals surface area contributed by atoms with Gasteiger partial charge in [0.05, 0.1) is 20.3 Å². The van der Waals surface area contributed by atoms with Gasteiger partial charge in [0.1, 0.15) is 11.5 Å². The van der Waals surface area contributed by atoms with E-state index >= 15 is 0 Å². The zero-order chi connectivity index (χ0) is 23.2. The fourth-order valence-electron chi connectivity index (χ4n) is 4.04. The van der Waals surface area contributed by atoms with Crippen molar-refractivity contribution in [3.05, 3.63) is 60.0 Å². The fourth-order valence-corrected chi connectivity index (χ4v) is 4.04. The van der Waals surface area contributed by atoms with E-state index in [1.165, 1.54) is 0 Å². The average molecular weight is 451 g/mol. The monoisotopic (exact) mass is 450 g/mol. The number of benzene rings is 2. The Kier molecular flexibility index (Phi) is 7.24. The third-order valence-corrected chi connectivity index (χ3v) is 6.08. The summed E-state index contributed by atoms with van der Waals surface area (Å²) in [6, 6.07) is 15.5. The van der Waals surface area contributed by atoms with Gasteiger partial charge in [0, 0.05) is 44.2 Å². The van der Waals surface area contributed by atoms with Crippen LogP contribution in [0.25, 0.3) is 11.4 Å². The molecule has 2 heterocycles. The molecule has 33 heavy (non-hydrogen) atoms. The van der Waals surface area contributed by atoms with Gasteiger partial charge >= 0.3 is 0 Å². The van der Waals surface area contributed by atoms with Crippen molar-refractivity contribution >= 4 is 5.91 Å². The molecule has 8 nitrogen and oxygen atoms in total. The Bertz CT molecular complexity index is 1040. The molecule has 2 aromatic carbocycles. The Balaban J connectivity index is 1.29. The van der Waals surface area contributed by atoms with Gasteiger partial charge in [-0.25, -0.2) is 0 Å². The van der Waals surface area contributed by atoms with Crippen molar-refractivity contribution in [3.8, 4) is 22.9 Å². The molecule has 4 rings (SSSR count). The number of nitrogens with zero attached hydrogens (tertiary/aromatic N) is 4. The number of aromatic nitrogens is 2. The zero-order valence-electron chi connectivity index (χ0n) is 19.4. The van der Waals surface area contributed by atoms with Crippen LogP contribution < -0.4 is 9.47 Å². The molecule has 0 radical (unpaired) electrons. The Labute approximate surface area is 194 Å². The van der Waals surface area contributed by atoms with Crippen molar-refractivity contribution in [2.45, 2.75) is 25.8 Å². The highest BCUT2D eigenvalue weighted by atomic mass is 16.5. The lowest BCUT2D eigenvalue weighted by Crippen LogP contribution is -2.49. The molecule has 0 aliphatic carbocycles. The van der Waals surface area contributed by atoms with Crippen LogP contribution in [0.3, 0.4) is 0 Å². The summed E-state index contributed by atoms with van der Waals surface area (Å²) in [5, 5.41) is 4.13. The first-order valence-corrected chi connectivity index (χ1v) is 11.2. The number of methoxy groups -OCH3 is 2. The van der Waals surface area contributed by atoms with E-state index in [0.717, 1.165) is 35.7 Å². The molecular weight excluding hydrogens is 420 g/mol. The van der Waals surface area contributed by atoms with Gasteiger partial charge < -0.3 is 18.9 Å².